The fraction of sp³-hybridized carbons (Fsp3) is 0.500. The van der Waals surface area contributed by atoms with Crippen LogP contribution in [0.2, 0.25) is 19.6 Å². The summed E-state index contributed by atoms with van der Waals surface area (Å²) in [6.45, 7) is 6.11. The fourth-order valence-electron chi connectivity index (χ4n) is 1.50. The monoisotopic (exact) mass is 277 g/mol. The fourth-order valence-corrected chi connectivity index (χ4v) is 2.35. The molecule has 2 nitrogen and oxygen atoms in total. The Morgan fingerprint density at radius 2 is 1.67 bits per heavy atom. The molecule has 0 heterocycles. The summed E-state index contributed by atoms with van der Waals surface area (Å²) < 4.78 is 42.3. The van der Waals surface area contributed by atoms with Gasteiger partial charge in [0.1, 0.15) is 5.75 Å². The molecule has 1 rings (SSSR count). The van der Waals surface area contributed by atoms with Crippen molar-refractivity contribution in [2.45, 2.75) is 38.3 Å². The van der Waals surface area contributed by atoms with E-state index in [4.69, 9.17) is 10.2 Å². The Labute approximate surface area is 106 Å². The molecule has 0 aliphatic carbocycles. The molecule has 0 bridgehead atoms. The number of hydrogen-bond donors (Lipinski definition) is 1. The molecule has 0 amide bonds. The molecular weight excluding hydrogens is 259 g/mol. The van der Waals surface area contributed by atoms with Crippen LogP contribution in [0.5, 0.6) is 5.75 Å². The highest BCUT2D eigenvalue weighted by Gasteiger charge is 2.30. The molecule has 1 aromatic rings. The molecule has 0 aromatic heterocycles. The third-order valence-corrected chi connectivity index (χ3v) is 3.03. The summed E-state index contributed by atoms with van der Waals surface area (Å²) in [7, 11) is -1.69. The Bertz CT molecular complexity index is 384. The summed E-state index contributed by atoms with van der Waals surface area (Å²) in [5.41, 5.74) is 5.97. The first-order valence-corrected chi connectivity index (χ1v) is 9.09. The van der Waals surface area contributed by atoms with E-state index in [0.29, 0.717) is 11.3 Å². The minimum absolute atomic E-state index is 0.468. The molecule has 1 atom stereocenters. The number of rotatable bonds is 4. The first-order valence-electron chi connectivity index (χ1n) is 5.68. The van der Waals surface area contributed by atoms with Crippen LogP contribution in [-0.2, 0) is 0 Å². The van der Waals surface area contributed by atoms with E-state index in [1.807, 2.05) is 19.6 Å². The first kappa shape index (κ1) is 15.0. The van der Waals surface area contributed by atoms with Crippen molar-refractivity contribution in [2.75, 3.05) is 0 Å². The van der Waals surface area contributed by atoms with Crippen LogP contribution in [0.15, 0.2) is 24.3 Å². The van der Waals surface area contributed by atoms with Gasteiger partial charge in [-0.2, -0.15) is 13.2 Å². The summed E-state index contributed by atoms with van der Waals surface area (Å²) in [5, 5.41) is 0. The summed E-state index contributed by atoms with van der Waals surface area (Å²) in [5.74, 6) is 0.678. The Kier molecular flexibility index (Phi) is 4.44. The molecule has 6 heteroatoms. The van der Waals surface area contributed by atoms with Gasteiger partial charge < -0.3 is 10.2 Å². The molecule has 102 valence electrons. The molecule has 1 aromatic carbocycles. The average molecular weight is 277 g/mol. The van der Waals surface area contributed by atoms with Crippen LogP contribution in [0.25, 0.3) is 0 Å². The van der Waals surface area contributed by atoms with E-state index in [9.17, 15) is 13.2 Å². The molecular formula is C12H18F3NOSi. The molecule has 0 saturated carbocycles. The van der Waals surface area contributed by atoms with E-state index in [1.54, 1.807) is 24.3 Å². The summed E-state index contributed by atoms with van der Waals surface area (Å²) in [6, 6.07) is 5.50. The zero-order valence-electron chi connectivity index (χ0n) is 10.7. The normalized spacial score (nSPS) is 14.4. The minimum Gasteiger partial charge on any atom is -0.544 e. The van der Waals surface area contributed by atoms with Gasteiger partial charge in [-0.05, 0) is 37.3 Å². The summed E-state index contributed by atoms with van der Waals surface area (Å²) in [4.78, 5) is 0. The number of alkyl halides is 3. The molecule has 18 heavy (non-hydrogen) atoms. The van der Waals surface area contributed by atoms with Gasteiger partial charge in [0.05, 0.1) is 6.42 Å². The number of nitrogens with two attached hydrogens (primary N) is 1. The van der Waals surface area contributed by atoms with Crippen LogP contribution < -0.4 is 10.2 Å². The molecule has 2 N–H and O–H groups in total. The lowest BCUT2D eigenvalue weighted by molar-refractivity contribution is -0.138. The lowest BCUT2D eigenvalue weighted by atomic mass is 10.0. The molecule has 0 aliphatic rings. The molecule has 0 spiro atoms. The number of hydrogen-bond acceptors (Lipinski definition) is 2. The lowest BCUT2D eigenvalue weighted by Gasteiger charge is -2.20. The highest BCUT2D eigenvalue weighted by atomic mass is 28.4. The molecule has 0 fully saturated rings. The Morgan fingerprint density at radius 3 is 2.06 bits per heavy atom. The third-order valence-electron chi connectivity index (χ3n) is 2.18. The van der Waals surface area contributed by atoms with E-state index in [-0.39, 0.29) is 0 Å². The van der Waals surface area contributed by atoms with Crippen molar-refractivity contribution in [1.82, 2.24) is 0 Å². The van der Waals surface area contributed by atoms with Crippen LogP contribution in [0, 0.1) is 0 Å². The van der Waals surface area contributed by atoms with Crippen molar-refractivity contribution in [3.8, 4) is 5.75 Å². The SMILES string of the molecule is C[Si](C)(C)Oc1ccc([C@@H](N)CC(F)(F)F)cc1. The second kappa shape index (κ2) is 5.32. The smallest absolute Gasteiger partial charge is 0.390 e. The van der Waals surface area contributed by atoms with Crippen LogP contribution >= 0.6 is 0 Å². The van der Waals surface area contributed by atoms with Crippen molar-refractivity contribution < 1.29 is 17.6 Å². The summed E-state index contributed by atoms with van der Waals surface area (Å²) >= 11 is 0. The van der Waals surface area contributed by atoms with E-state index in [2.05, 4.69) is 0 Å². The highest BCUT2D eigenvalue weighted by Crippen LogP contribution is 2.28. The van der Waals surface area contributed by atoms with E-state index in [1.165, 1.54) is 0 Å². The van der Waals surface area contributed by atoms with Gasteiger partial charge in [0.25, 0.3) is 0 Å². The molecule has 0 unspecified atom stereocenters. The van der Waals surface area contributed by atoms with Crippen molar-refractivity contribution >= 4 is 8.32 Å². The van der Waals surface area contributed by atoms with Crippen molar-refractivity contribution in [3.63, 3.8) is 0 Å². The number of halogens is 3. The lowest BCUT2D eigenvalue weighted by Crippen LogP contribution is -2.29. The van der Waals surface area contributed by atoms with Crippen LogP contribution in [0.4, 0.5) is 13.2 Å². The second-order valence-corrected chi connectivity index (χ2v) is 9.64. The van der Waals surface area contributed by atoms with E-state index < -0.39 is 27.0 Å². The van der Waals surface area contributed by atoms with Crippen LogP contribution in [0.1, 0.15) is 18.0 Å². The minimum atomic E-state index is -4.24. The zero-order chi connectivity index (χ0) is 14.0. The largest absolute Gasteiger partial charge is 0.544 e. The summed E-state index contributed by atoms with van der Waals surface area (Å²) in [6.07, 6.45) is -5.26. The Hall–Kier alpha value is -1.01. The van der Waals surface area contributed by atoms with Crippen molar-refractivity contribution in [1.29, 1.82) is 0 Å². The second-order valence-electron chi connectivity index (χ2n) is 5.21. The quantitative estimate of drug-likeness (QED) is 0.848. The zero-order valence-corrected chi connectivity index (χ0v) is 11.7. The molecule has 0 aliphatic heterocycles. The maximum Gasteiger partial charge on any atom is 0.390 e. The van der Waals surface area contributed by atoms with Crippen molar-refractivity contribution in [3.05, 3.63) is 29.8 Å². The van der Waals surface area contributed by atoms with Gasteiger partial charge in [0.15, 0.2) is 0 Å². The van der Waals surface area contributed by atoms with Gasteiger partial charge in [0, 0.05) is 6.04 Å². The average Bonchev–Trinajstić information content (AvgIpc) is 2.13. The van der Waals surface area contributed by atoms with Crippen LogP contribution in [0.3, 0.4) is 0 Å². The topological polar surface area (TPSA) is 35.2 Å². The van der Waals surface area contributed by atoms with Gasteiger partial charge >= 0.3 is 6.18 Å². The Morgan fingerprint density at radius 1 is 1.17 bits per heavy atom. The maximum absolute atomic E-state index is 12.2. The molecule has 0 saturated heterocycles. The van der Waals surface area contributed by atoms with E-state index >= 15 is 0 Å². The van der Waals surface area contributed by atoms with Gasteiger partial charge in [-0.15, -0.1) is 0 Å². The standard InChI is InChI=1S/C12H18F3NOSi/c1-18(2,3)17-10-6-4-9(5-7-10)11(16)8-12(13,14)15/h4-7,11H,8,16H2,1-3H3/t11-/m0/s1. The third kappa shape index (κ3) is 5.55. The van der Waals surface area contributed by atoms with Gasteiger partial charge in [-0.25, -0.2) is 0 Å². The maximum atomic E-state index is 12.2. The van der Waals surface area contributed by atoms with Crippen molar-refractivity contribution in [2.24, 2.45) is 5.73 Å². The van der Waals surface area contributed by atoms with Gasteiger partial charge in [-0.3, -0.25) is 0 Å². The predicted octanol–water partition coefficient (Wildman–Crippen LogP) is 3.85. The first-order chi connectivity index (χ1) is 8.07. The van der Waals surface area contributed by atoms with Crippen LogP contribution in [-0.4, -0.2) is 14.5 Å². The number of benzene rings is 1. The van der Waals surface area contributed by atoms with Gasteiger partial charge in [-0.1, -0.05) is 12.1 Å². The Balaban J connectivity index is 2.71. The van der Waals surface area contributed by atoms with E-state index in [0.717, 1.165) is 0 Å². The molecule has 0 radical (unpaired) electrons. The highest BCUT2D eigenvalue weighted by molar-refractivity contribution is 6.70. The predicted molar refractivity (Wildman–Crippen MR) is 68.0 cm³/mol. The van der Waals surface area contributed by atoms with Gasteiger partial charge in [0.2, 0.25) is 8.32 Å².